The molecule has 6 nitrogen and oxygen atoms in total. The van der Waals surface area contributed by atoms with Crippen LogP contribution in [-0.2, 0) is 6.42 Å². The monoisotopic (exact) mass is 395 g/mol. The first kappa shape index (κ1) is 19.4. The minimum absolute atomic E-state index is 0.147. The van der Waals surface area contributed by atoms with Crippen molar-refractivity contribution in [2.75, 3.05) is 18.4 Å². The van der Waals surface area contributed by atoms with E-state index >= 15 is 0 Å². The number of benzene rings is 1. The molecule has 1 aliphatic rings. The number of hydrogen-bond donors (Lipinski definition) is 1. The Bertz CT molecular complexity index is 990. The van der Waals surface area contributed by atoms with E-state index in [9.17, 15) is 9.18 Å². The van der Waals surface area contributed by atoms with Crippen LogP contribution in [0.4, 0.5) is 14.9 Å². The molecule has 1 saturated heterocycles. The van der Waals surface area contributed by atoms with Gasteiger partial charge in [0.05, 0.1) is 0 Å². The molecule has 1 N–H and O–H groups in total. The third-order valence-corrected chi connectivity index (χ3v) is 5.33. The highest BCUT2D eigenvalue weighted by Crippen LogP contribution is 2.29. The van der Waals surface area contributed by atoms with Gasteiger partial charge in [-0.05, 0) is 55.2 Å². The van der Waals surface area contributed by atoms with Gasteiger partial charge in [0, 0.05) is 37.4 Å². The third kappa shape index (κ3) is 4.23. The van der Waals surface area contributed by atoms with Crippen LogP contribution in [0, 0.1) is 11.7 Å². The van der Waals surface area contributed by atoms with Crippen LogP contribution in [0.25, 0.3) is 11.2 Å². The molecule has 0 radical (unpaired) electrons. The van der Waals surface area contributed by atoms with Gasteiger partial charge < -0.3 is 14.8 Å². The van der Waals surface area contributed by atoms with Gasteiger partial charge >= 0.3 is 6.03 Å². The molecule has 1 aliphatic heterocycles. The summed E-state index contributed by atoms with van der Waals surface area (Å²) in [6, 6.07) is 9.88. The van der Waals surface area contributed by atoms with Gasteiger partial charge in [0.15, 0.2) is 5.65 Å². The number of nitrogens with one attached hydrogen (secondary N) is 1. The van der Waals surface area contributed by atoms with Crippen molar-refractivity contribution < 1.29 is 9.18 Å². The van der Waals surface area contributed by atoms with Gasteiger partial charge in [-0.3, -0.25) is 0 Å². The van der Waals surface area contributed by atoms with E-state index in [2.05, 4.69) is 28.7 Å². The highest BCUT2D eigenvalue weighted by atomic mass is 19.1. The maximum absolute atomic E-state index is 13.0. The van der Waals surface area contributed by atoms with Crippen molar-refractivity contribution in [2.45, 2.75) is 39.2 Å². The van der Waals surface area contributed by atoms with E-state index in [1.54, 1.807) is 12.1 Å². The number of carbonyl (C=O) groups is 1. The maximum Gasteiger partial charge on any atom is 0.321 e. The molecule has 4 rings (SSSR count). The summed E-state index contributed by atoms with van der Waals surface area (Å²) in [5, 5.41) is 2.84. The van der Waals surface area contributed by atoms with Crippen LogP contribution in [0.3, 0.4) is 0 Å². The second-order valence-corrected chi connectivity index (χ2v) is 8.00. The number of carbonyl (C=O) groups excluding carboxylic acids is 1. The van der Waals surface area contributed by atoms with Crippen LogP contribution in [0.1, 0.15) is 38.6 Å². The summed E-state index contributed by atoms with van der Waals surface area (Å²) in [5.41, 5.74) is 2.46. The van der Waals surface area contributed by atoms with Crippen LogP contribution in [0.2, 0.25) is 0 Å². The second kappa shape index (κ2) is 8.19. The number of hydrogen-bond acceptors (Lipinski definition) is 3. The molecule has 0 unspecified atom stereocenters. The average molecular weight is 395 g/mol. The Morgan fingerprint density at radius 2 is 1.93 bits per heavy atom. The van der Waals surface area contributed by atoms with Crippen molar-refractivity contribution in [3.05, 3.63) is 54.2 Å². The maximum atomic E-state index is 13.0. The number of pyridine rings is 1. The van der Waals surface area contributed by atoms with E-state index in [4.69, 9.17) is 4.98 Å². The zero-order chi connectivity index (χ0) is 20.4. The van der Waals surface area contributed by atoms with Crippen LogP contribution in [-0.4, -0.2) is 38.6 Å². The van der Waals surface area contributed by atoms with Crippen molar-refractivity contribution in [1.29, 1.82) is 0 Å². The van der Waals surface area contributed by atoms with Crippen molar-refractivity contribution in [1.82, 2.24) is 19.4 Å². The zero-order valence-corrected chi connectivity index (χ0v) is 16.8. The number of piperidine rings is 1. The summed E-state index contributed by atoms with van der Waals surface area (Å²) in [5.74, 6) is 1.26. The Morgan fingerprint density at radius 3 is 2.62 bits per heavy atom. The van der Waals surface area contributed by atoms with E-state index in [-0.39, 0.29) is 17.9 Å². The number of fused-ring (bicyclic) bond motifs is 1. The Morgan fingerprint density at radius 1 is 1.21 bits per heavy atom. The van der Waals surface area contributed by atoms with Gasteiger partial charge in [0.1, 0.15) is 17.2 Å². The van der Waals surface area contributed by atoms with Gasteiger partial charge in [0.25, 0.3) is 0 Å². The van der Waals surface area contributed by atoms with Gasteiger partial charge in [-0.25, -0.2) is 19.2 Å². The lowest BCUT2D eigenvalue weighted by Gasteiger charge is -2.33. The first-order valence-electron chi connectivity index (χ1n) is 10.1. The SMILES string of the molecule is CC(C)Cc1nc2cccnc2n1C1CCN(C(=O)Nc2ccc(F)cc2)CC1. The third-order valence-electron chi connectivity index (χ3n) is 5.33. The molecule has 1 fully saturated rings. The van der Waals surface area contributed by atoms with E-state index < -0.39 is 0 Å². The lowest BCUT2D eigenvalue weighted by atomic mass is 10.0. The molecule has 3 heterocycles. The topological polar surface area (TPSA) is 63.1 Å². The highest BCUT2D eigenvalue weighted by Gasteiger charge is 2.27. The fourth-order valence-corrected chi connectivity index (χ4v) is 3.93. The minimum atomic E-state index is -0.317. The van der Waals surface area contributed by atoms with E-state index in [0.29, 0.717) is 24.7 Å². The molecule has 2 aromatic heterocycles. The first-order valence-corrected chi connectivity index (χ1v) is 10.1. The molecule has 0 spiro atoms. The number of amides is 2. The van der Waals surface area contributed by atoms with Gasteiger partial charge in [-0.15, -0.1) is 0 Å². The molecule has 0 atom stereocenters. The van der Waals surface area contributed by atoms with Crippen LogP contribution < -0.4 is 5.32 Å². The van der Waals surface area contributed by atoms with Crippen LogP contribution >= 0.6 is 0 Å². The summed E-state index contributed by atoms with van der Waals surface area (Å²) < 4.78 is 15.3. The van der Waals surface area contributed by atoms with Gasteiger partial charge in [0.2, 0.25) is 0 Å². The smallest absolute Gasteiger partial charge is 0.321 e. The van der Waals surface area contributed by atoms with E-state index in [1.807, 2.05) is 23.2 Å². The predicted octanol–water partition coefficient (Wildman–Crippen LogP) is 4.64. The molecule has 29 heavy (non-hydrogen) atoms. The van der Waals surface area contributed by atoms with Crippen molar-refractivity contribution in [3.8, 4) is 0 Å². The largest absolute Gasteiger partial charge is 0.324 e. The fraction of sp³-hybridized carbons (Fsp3) is 0.409. The number of aromatic nitrogens is 3. The number of likely N-dealkylation sites (tertiary alicyclic amines) is 1. The fourth-order valence-electron chi connectivity index (χ4n) is 3.93. The van der Waals surface area contributed by atoms with Crippen molar-refractivity contribution in [2.24, 2.45) is 5.92 Å². The Hall–Kier alpha value is -2.96. The molecule has 1 aromatic carbocycles. The lowest BCUT2D eigenvalue weighted by molar-refractivity contribution is 0.183. The van der Waals surface area contributed by atoms with Crippen LogP contribution in [0.5, 0.6) is 0 Å². The van der Waals surface area contributed by atoms with Crippen molar-refractivity contribution in [3.63, 3.8) is 0 Å². The summed E-state index contributed by atoms with van der Waals surface area (Å²) >= 11 is 0. The predicted molar refractivity (Wildman–Crippen MR) is 111 cm³/mol. The quantitative estimate of drug-likeness (QED) is 0.700. The Kier molecular flexibility index (Phi) is 5.47. The number of nitrogens with zero attached hydrogens (tertiary/aromatic N) is 4. The van der Waals surface area contributed by atoms with Crippen LogP contribution in [0.15, 0.2) is 42.6 Å². The molecule has 0 saturated carbocycles. The number of urea groups is 1. The summed E-state index contributed by atoms with van der Waals surface area (Å²) in [7, 11) is 0. The molecular weight excluding hydrogens is 369 g/mol. The standard InChI is InChI=1S/C22H26FN5O/c1-15(2)14-20-26-19-4-3-11-24-21(19)28(20)18-9-12-27(13-10-18)22(29)25-17-7-5-16(23)6-8-17/h3-8,11,15,18H,9-10,12-14H2,1-2H3,(H,25,29). The lowest BCUT2D eigenvalue weighted by Crippen LogP contribution is -2.41. The number of rotatable bonds is 4. The zero-order valence-electron chi connectivity index (χ0n) is 16.8. The summed E-state index contributed by atoms with van der Waals surface area (Å²) in [6.07, 6.45) is 4.42. The number of imidazole rings is 1. The van der Waals surface area contributed by atoms with Gasteiger partial charge in [-0.1, -0.05) is 13.8 Å². The molecule has 2 amide bonds. The Balaban J connectivity index is 1.47. The molecule has 0 bridgehead atoms. The average Bonchev–Trinajstić information content (AvgIpc) is 3.07. The van der Waals surface area contributed by atoms with E-state index in [1.165, 1.54) is 12.1 Å². The summed E-state index contributed by atoms with van der Waals surface area (Å²) in [6.45, 7) is 5.70. The molecular formula is C22H26FN5O. The van der Waals surface area contributed by atoms with Gasteiger partial charge in [-0.2, -0.15) is 0 Å². The Labute approximate surface area is 169 Å². The minimum Gasteiger partial charge on any atom is -0.324 e. The molecule has 0 aliphatic carbocycles. The number of anilines is 1. The molecule has 7 heteroatoms. The van der Waals surface area contributed by atoms with Crippen molar-refractivity contribution >= 4 is 22.9 Å². The first-order chi connectivity index (χ1) is 14.0. The normalized spacial score (nSPS) is 15.2. The highest BCUT2D eigenvalue weighted by molar-refractivity contribution is 5.89. The molecule has 3 aromatic rings. The van der Waals surface area contributed by atoms with E-state index in [0.717, 1.165) is 36.3 Å². The molecule has 152 valence electrons. The second-order valence-electron chi connectivity index (χ2n) is 8.00. The summed E-state index contributed by atoms with van der Waals surface area (Å²) in [4.78, 5) is 23.8. The number of halogens is 1.